The number of amides is 1. The van der Waals surface area contributed by atoms with Gasteiger partial charge in [0.05, 0.1) is 5.56 Å². The van der Waals surface area contributed by atoms with Crippen LogP contribution in [0.4, 0.5) is 10.1 Å². The van der Waals surface area contributed by atoms with E-state index in [9.17, 15) is 14.0 Å². The van der Waals surface area contributed by atoms with Crippen molar-refractivity contribution in [2.45, 2.75) is 9.79 Å². The highest BCUT2D eigenvalue weighted by atomic mass is 35.5. The number of hydrogen-bond acceptors (Lipinski definition) is 3. The Morgan fingerprint density at radius 1 is 1.00 bits per heavy atom. The number of hydrogen-bond donors (Lipinski definition) is 2. The highest BCUT2D eigenvalue weighted by Crippen LogP contribution is 2.31. The van der Waals surface area contributed by atoms with Gasteiger partial charge in [-0.15, -0.1) is 0 Å². The minimum Gasteiger partial charge on any atom is -0.478 e. The number of carboxylic acids is 1. The Kier molecular flexibility index (Phi) is 6.69. The molecule has 2 N–H and O–H groups in total. The maximum Gasteiger partial charge on any atom is 0.335 e. The second kappa shape index (κ2) is 9.41. The van der Waals surface area contributed by atoms with E-state index in [0.29, 0.717) is 16.3 Å². The van der Waals surface area contributed by atoms with Gasteiger partial charge in [-0.05, 0) is 66.2 Å². The normalized spacial score (nSPS) is 10.8. The summed E-state index contributed by atoms with van der Waals surface area (Å²) < 4.78 is 13.0. The van der Waals surface area contributed by atoms with Crippen LogP contribution in [0.2, 0.25) is 5.02 Å². The topological polar surface area (TPSA) is 66.4 Å². The summed E-state index contributed by atoms with van der Waals surface area (Å²) in [6.45, 7) is 0. The zero-order valence-corrected chi connectivity index (χ0v) is 16.5. The highest BCUT2D eigenvalue weighted by molar-refractivity contribution is 7.99. The molecule has 0 radical (unpaired) electrons. The van der Waals surface area contributed by atoms with E-state index in [1.165, 1.54) is 42.1 Å². The van der Waals surface area contributed by atoms with Crippen molar-refractivity contribution in [3.63, 3.8) is 0 Å². The Morgan fingerprint density at radius 3 is 2.41 bits per heavy atom. The van der Waals surface area contributed by atoms with Crippen molar-refractivity contribution in [1.82, 2.24) is 0 Å². The van der Waals surface area contributed by atoms with Gasteiger partial charge in [-0.2, -0.15) is 0 Å². The molecule has 3 aromatic rings. The fourth-order valence-electron chi connectivity index (χ4n) is 2.42. The Morgan fingerprint density at radius 2 is 1.72 bits per heavy atom. The largest absolute Gasteiger partial charge is 0.478 e. The van der Waals surface area contributed by atoms with E-state index in [1.807, 2.05) is 6.07 Å². The summed E-state index contributed by atoms with van der Waals surface area (Å²) in [4.78, 5) is 24.8. The van der Waals surface area contributed by atoms with Gasteiger partial charge in [-0.1, -0.05) is 35.5 Å². The molecule has 0 saturated carbocycles. The first-order valence-electron chi connectivity index (χ1n) is 8.46. The molecule has 0 spiro atoms. The lowest BCUT2D eigenvalue weighted by atomic mass is 10.2. The number of carbonyl (C=O) groups excluding carboxylic acids is 1. The first-order valence-corrected chi connectivity index (χ1v) is 9.65. The van der Waals surface area contributed by atoms with E-state index < -0.39 is 11.9 Å². The molecule has 3 aromatic carbocycles. The Hall–Kier alpha value is -3.09. The van der Waals surface area contributed by atoms with Gasteiger partial charge in [0, 0.05) is 26.6 Å². The van der Waals surface area contributed by atoms with Crippen molar-refractivity contribution in [3.8, 4) is 0 Å². The lowest BCUT2D eigenvalue weighted by Crippen LogP contribution is -2.08. The zero-order valence-electron chi connectivity index (χ0n) is 14.9. The van der Waals surface area contributed by atoms with Crippen molar-refractivity contribution in [2.75, 3.05) is 5.32 Å². The van der Waals surface area contributed by atoms with Gasteiger partial charge in [0.1, 0.15) is 5.82 Å². The molecule has 1 amide bonds. The summed E-state index contributed by atoms with van der Waals surface area (Å²) in [7, 11) is 0. The molecule has 0 bridgehead atoms. The van der Waals surface area contributed by atoms with E-state index in [4.69, 9.17) is 16.7 Å². The monoisotopic (exact) mass is 427 g/mol. The van der Waals surface area contributed by atoms with Crippen LogP contribution in [0.1, 0.15) is 15.9 Å². The predicted octanol–water partition coefficient (Wildman–Crippen LogP) is 5.98. The van der Waals surface area contributed by atoms with Crippen molar-refractivity contribution in [2.24, 2.45) is 0 Å². The smallest absolute Gasteiger partial charge is 0.335 e. The molecule has 0 aliphatic carbocycles. The van der Waals surface area contributed by atoms with Crippen LogP contribution in [0.3, 0.4) is 0 Å². The maximum atomic E-state index is 13.0. The molecule has 0 fully saturated rings. The molecule has 0 unspecified atom stereocenters. The summed E-state index contributed by atoms with van der Waals surface area (Å²) >= 11 is 7.75. The van der Waals surface area contributed by atoms with Crippen LogP contribution in [-0.4, -0.2) is 17.0 Å². The second-order valence-corrected chi connectivity index (χ2v) is 7.50. The number of aromatic carboxylic acids is 1. The summed E-state index contributed by atoms with van der Waals surface area (Å²) in [6, 6.07) is 17.5. The third-order valence-corrected chi connectivity index (χ3v) is 5.14. The van der Waals surface area contributed by atoms with E-state index in [0.717, 1.165) is 9.79 Å². The second-order valence-electron chi connectivity index (χ2n) is 5.95. The van der Waals surface area contributed by atoms with E-state index in [2.05, 4.69) is 5.32 Å². The number of benzene rings is 3. The molecule has 29 heavy (non-hydrogen) atoms. The number of nitrogens with one attached hydrogen (secondary N) is 1. The highest BCUT2D eigenvalue weighted by Gasteiger charge is 2.06. The molecule has 0 aliphatic heterocycles. The number of halogens is 2. The predicted molar refractivity (Wildman–Crippen MR) is 113 cm³/mol. The maximum absolute atomic E-state index is 13.0. The Labute approximate surface area is 176 Å². The van der Waals surface area contributed by atoms with Crippen LogP contribution < -0.4 is 5.32 Å². The van der Waals surface area contributed by atoms with Crippen LogP contribution in [0.25, 0.3) is 6.08 Å². The minimum absolute atomic E-state index is 0.0871. The van der Waals surface area contributed by atoms with Crippen molar-refractivity contribution < 1.29 is 19.1 Å². The minimum atomic E-state index is -1.07. The molecule has 0 saturated heterocycles. The van der Waals surface area contributed by atoms with Gasteiger partial charge in [0.25, 0.3) is 0 Å². The Balaban J connectivity index is 1.65. The number of carbonyl (C=O) groups is 2. The molecule has 7 heteroatoms. The van der Waals surface area contributed by atoms with Gasteiger partial charge in [-0.3, -0.25) is 4.79 Å². The molecule has 3 rings (SSSR count). The molecule has 0 heterocycles. The number of carboxylic acid groups (broad SMARTS) is 1. The Bertz CT molecular complexity index is 1080. The van der Waals surface area contributed by atoms with Gasteiger partial charge in [-0.25, -0.2) is 9.18 Å². The first-order chi connectivity index (χ1) is 13.9. The van der Waals surface area contributed by atoms with Gasteiger partial charge >= 0.3 is 5.97 Å². The molecule has 0 aliphatic rings. The van der Waals surface area contributed by atoms with Crippen molar-refractivity contribution >= 4 is 47.0 Å². The van der Waals surface area contributed by atoms with Gasteiger partial charge in [0.2, 0.25) is 5.91 Å². The zero-order chi connectivity index (χ0) is 20.8. The lowest BCUT2D eigenvalue weighted by Gasteiger charge is -2.05. The number of rotatable bonds is 6. The summed E-state index contributed by atoms with van der Waals surface area (Å²) in [5.41, 5.74) is 1.13. The molecule has 4 nitrogen and oxygen atoms in total. The summed E-state index contributed by atoms with van der Waals surface area (Å²) in [5, 5.41) is 12.1. The van der Waals surface area contributed by atoms with Gasteiger partial charge < -0.3 is 10.4 Å². The average molecular weight is 428 g/mol. The van der Waals surface area contributed by atoms with Gasteiger partial charge in [0.15, 0.2) is 0 Å². The quantitative estimate of drug-likeness (QED) is 0.475. The molecule has 0 atom stereocenters. The summed E-state index contributed by atoms with van der Waals surface area (Å²) in [6.07, 6.45) is 2.90. The fourth-order valence-corrected chi connectivity index (χ4v) is 3.59. The van der Waals surface area contributed by atoms with Crippen LogP contribution >= 0.6 is 23.4 Å². The van der Waals surface area contributed by atoms with Crippen molar-refractivity contribution in [1.29, 1.82) is 0 Å². The van der Waals surface area contributed by atoms with Crippen LogP contribution in [-0.2, 0) is 4.79 Å². The van der Waals surface area contributed by atoms with Crippen LogP contribution in [0, 0.1) is 5.82 Å². The lowest BCUT2D eigenvalue weighted by molar-refractivity contribution is -0.111. The first kappa shape index (κ1) is 20.6. The van der Waals surface area contributed by atoms with E-state index >= 15 is 0 Å². The third-order valence-electron chi connectivity index (χ3n) is 3.81. The molecular weight excluding hydrogens is 413 g/mol. The number of anilines is 1. The van der Waals surface area contributed by atoms with Crippen LogP contribution in [0.15, 0.2) is 82.6 Å². The standard InChI is InChI=1S/C22H15ClFNO3S/c23-20-13-19(29-18-9-6-16(24)7-10-18)8-4-14(20)5-11-21(26)25-17-3-1-2-15(12-17)22(27)28/h1-13H,(H,25,26)(H,27,28)/b11-5+. The molecule has 0 aromatic heterocycles. The van der Waals surface area contributed by atoms with Crippen molar-refractivity contribution in [3.05, 3.63) is 94.8 Å². The third kappa shape index (κ3) is 5.94. The van der Waals surface area contributed by atoms with E-state index in [1.54, 1.807) is 42.5 Å². The van der Waals surface area contributed by atoms with Crippen LogP contribution in [0.5, 0.6) is 0 Å². The fraction of sp³-hybridized carbons (Fsp3) is 0. The SMILES string of the molecule is O=C(/C=C/c1ccc(Sc2ccc(F)cc2)cc1Cl)Nc1cccc(C(=O)O)c1. The molecular formula is C22H15ClFNO3S. The average Bonchev–Trinajstić information content (AvgIpc) is 2.69. The summed E-state index contributed by atoms with van der Waals surface area (Å²) in [5.74, 6) is -1.77. The van der Waals surface area contributed by atoms with E-state index in [-0.39, 0.29) is 11.4 Å². The molecule has 146 valence electrons.